The Hall–Kier alpha value is -1.55. The lowest BCUT2D eigenvalue weighted by Crippen LogP contribution is -2.26. The Bertz CT molecular complexity index is 373. The molecule has 0 saturated heterocycles. The van der Waals surface area contributed by atoms with Crippen LogP contribution in [0.25, 0.3) is 0 Å². The van der Waals surface area contributed by atoms with Crippen molar-refractivity contribution in [2.75, 3.05) is 13.2 Å². The summed E-state index contributed by atoms with van der Waals surface area (Å²) >= 11 is 0. The summed E-state index contributed by atoms with van der Waals surface area (Å²) < 4.78 is 5.36. The fourth-order valence-electron chi connectivity index (χ4n) is 1.69. The van der Waals surface area contributed by atoms with Gasteiger partial charge in [0.05, 0.1) is 12.7 Å². The third-order valence-corrected chi connectivity index (χ3v) is 2.76. The van der Waals surface area contributed by atoms with Gasteiger partial charge >= 0.3 is 0 Å². The summed E-state index contributed by atoms with van der Waals surface area (Å²) in [7, 11) is 0. The van der Waals surface area contributed by atoms with Gasteiger partial charge in [0.1, 0.15) is 5.75 Å². The molecule has 0 aromatic heterocycles. The smallest absolute Gasteiger partial charge is 0.220 e. The fraction of sp³-hybridized carbons (Fsp3) is 0.533. The van der Waals surface area contributed by atoms with Crippen molar-refractivity contribution in [3.63, 3.8) is 0 Å². The van der Waals surface area contributed by atoms with Crippen LogP contribution in [0.1, 0.15) is 32.3 Å². The van der Waals surface area contributed by atoms with Gasteiger partial charge in [0.2, 0.25) is 5.91 Å². The normalized spacial score (nSPS) is 11.9. The molecule has 1 aromatic rings. The van der Waals surface area contributed by atoms with Gasteiger partial charge in [-0.3, -0.25) is 4.79 Å². The van der Waals surface area contributed by atoms with Gasteiger partial charge in [-0.25, -0.2) is 0 Å². The number of rotatable bonds is 8. The lowest BCUT2D eigenvalue weighted by molar-refractivity contribution is -0.121. The summed E-state index contributed by atoms with van der Waals surface area (Å²) in [6.45, 7) is 4.85. The fourth-order valence-corrected chi connectivity index (χ4v) is 1.69. The molecule has 2 N–H and O–H groups in total. The first-order valence-electron chi connectivity index (χ1n) is 6.78. The van der Waals surface area contributed by atoms with Crippen LogP contribution in [0.2, 0.25) is 0 Å². The van der Waals surface area contributed by atoms with Crippen molar-refractivity contribution < 1.29 is 14.6 Å². The lowest BCUT2D eigenvalue weighted by Gasteiger charge is -2.07. The van der Waals surface area contributed by atoms with Crippen LogP contribution in [0.4, 0.5) is 0 Å². The largest absolute Gasteiger partial charge is 0.494 e. The summed E-state index contributed by atoms with van der Waals surface area (Å²) in [5.41, 5.74) is 1.12. The molecule has 1 amide bonds. The SMILES string of the molecule is CCOc1ccc(CCC(=O)NCCC(C)O)cc1. The first-order chi connectivity index (χ1) is 9.11. The summed E-state index contributed by atoms with van der Waals surface area (Å²) in [4.78, 5) is 11.5. The van der Waals surface area contributed by atoms with E-state index >= 15 is 0 Å². The summed E-state index contributed by atoms with van der Waals surface area (Å²) in [5, 5.41) is 11.9. The van der Waals surface area contributed by atoms with Gasteiger partial charge in [0, 0.05) is 13.0 Å². The van der Waals surface area contributed by atoms with Crippen LogP contribution in [0.15, 0.2) is 24.3 Å². The zero-order valence-electron chi connectivity index (χ0n) is 11.7. The van der Waals surface area contributed by atoms with Crippen molar-refractivity contribution >= 4 is 5.91 Å². The molecule has 0 heterocycles. The number of aliphatic hydroxyl groups is 1. The maximum atomic E-state index is 11.5. The topological polar surface area (TPSA) is 58.6 Å². The van der Waals surface area contributed by atoms with E-state index in [0.29, 0.717) is 32.4 Å². The number of amides is 1. The van der Waals surface area contributed by atoms with Crippen LogP contribution in [-0.2, 0) is 11.2 Å². The molecular formula is C15H23NO3. The lowest BCUT2D eigenvalue weighted by atomic mass is 10.1. The number of benzene rings is 1. The minimum absolute atomic E-state index is 0.0227. The van der Waals surface area contributed by atoms with Gasteiger partial charge in [0.15, 0.2) is 0 Å². The van der Waals surface area contributed by atoms with E-state index in [9.17, 15) is 4.79 Å². The van der Waals surface area contributed by atoms with E-state index in [-0.39, 0.29) is 12.0 Å². The number of carbonyl (C=O) groups is 1. The average molecular weight is 265 g/mol. The molecule has 0 saturated carbocycles. The Balaban J connectivity index is 2.25. The molecule has 0 aliphatic carbocycles. The Morgan fingerprint density at radius 2 is 2.05 bits per heavy atom. The third kappa shape index (κ3) is 6.82. The molecule has 4 nitrogen and oxygen atoms in total. The minimum atomic E-state index is -0.369. The minimum Gasteiger partial charge on any atom is -0.494 e. The predicted molar refractivity (Wildman–Crippen MR) is 75.2 cm³/mol. The molecule has 19 heavy (non-hydrogen) atoms. The zero-order valence-corrected chi connectivity index (χ0v) is 11.7. The highest BCUT2D eigenvalue weighted by Gasteiger charge is 2.03. The van der Waals surface area contributed by atoms with Crippen molar-refractivity contribution in [1.29, 1.82) is 0 Å². The molecule has 0 spiro atoms. The van der Waals surface area contributed by atoms with Crippen molar-refractivity contribution in [3.05, 3.63) is 29.8 Å². The third-order valence-electron chi connectivity index (χ3n) is 2.76. The van der Waals surface area contributed by atoms with E-state index in [4.69, 9.17) is 9.84 Å². The molecule has 0 fully saturated rings. The Morgan fingerprint density at radius 1 is 1.37 bits per heavy atom. The van der Waals surface area contributed by atoms with Crippen molar-refractivity contribution in [1.82, 2.24) is 5.32 Å². The second kappa shape index (κ2) is 8.53. The quantitative estimate of drug-likeness (QED) is 0.755. The monoisotopic (exact) mass is 265 g/mol. The summed E-state index contributed by atoms with van der Waals surface area (Å²) in [6.07, 6.45) is 1.40. The van der Waals surface area contributed by atoms with Crippen LogP contribution in [0.5, 0.6) is 5.75 Å². The first kappa shape index (κ1) is 15.5. The van der Waals surface area contributed by atoms with Gasteiger partial charge in [-0.05, 0) is 44.4 Å². The molecule has 106 valence electrons. The van der Waals surface area contributed by atoms with Crippen molar-refractivity contribution in [3.8, 4) is 5.75 Å². The Kier molecular flexibility index (Phi) is 6.97. The molecule has 1 unspecified atom stereocenters. The molecule has 0 bridgehead atoms. The van der Waals surface area contributed by atoms with E-state index in [1.807, 2.05) is 31.2 Å². The molecule has 1 rings (SSSR count). The van der Waals surface area contributed by atoms with Gasteiger partial charge in [-0.15, -0.1) is 0 Å². The molecule has 0 aliphatic rings. The Labute approximate surface area is 114 Å². The van der Waals surface area contributed by atoms with Crippen LogP contribution in [-0.4, -0.2) is 30.3 Å². The number of aliphatic hydroxyl groups excluding tert-OH is 1. The van der Waals surface area contributed by atoms with Crippen LogP contribution < -0.4 is 10.1 Å². The summed E-state index contributed by atoms with van der Waals surface area (Å²) in [6, 6.07) is 7.80. The standard InChI is InChI=1S/C15H23NO3/c1-3-19-14-7-4-13(5-8-14)6-9-15(18)16-11-10-12(2)17/h4-5,7-8,12,17H,3,6,9-11H2,1-2H3,(H,16,18). The highest BCUT2D eigenvalue weighted by atomic mass is 16.5. The number of hydrogen-bond donors (Lipinski definition) is 2. The first-order valence-corrected chi connectivity index (χ1v) is 6.78. The van der Waals surface area contributed by atoms with E-state index in [1.165, 1.54) is 0 Å². The molecular weight excluding hydrogens is 242 g/mol. The Morgan fingerprint density at radius 3 is 2.63 bits per heavy atom. The molecule has 1 aromatic carbocycles. The number of carbonyl (C=O) groups excluding carboxylic acids is 1. The van der Waals surface area contributed by atoms with Crippen LogP contribution in [0, 0.1) is 0 Å². The van der Waals surface area contributed by atoms with Crippen molar-refractivity contribution in [2.24, 2.45) is 0 Å². The van der Waals surface area contributed by atoms with E-state index in [1.54, 1.807) is 6.92 Å². The van der Waals surface area contributed by atoms with Crippen molar-refractivity contribution in [2.45, 2.75) is 39.2 Å². The van der Waals surface area contributed by atoms with Gasteiger partial charge < -0.3 is 15.2 Å². The van der Waals surface area contributed by atoms with E-state index < -0.39 is 0 Å². The highest BCUT2D eigenvalue weighted by molar-refractivity contribution is 5.76. The molecule has 4 heteroatoms. The predicted octanol–water partition coefficient (Wildman–Crippen LogP) is 1.90. The van der Waals surface area contributed by atoms with Crippen LogP contribution in [0.3, 0.4) is 0 Å². The van der Waals surface area contributed by atoms with Crippen LogP contribution >= 0.6 is 0 Å². The molecule has 0 aliphatic heterocycles. The highest BCUT2D eigenvalue weighted by Crippen LogP contribution is 2.13. The molecule has 0 radical (unpaired) electrons. The zero-order chi connectivity index (χ0) is 14.1. The maximum absolute atomic E-state index is 11.5. The van der Waals surface area contributed by atoms with Gasteiger partial charge in [-0.2, -0.15) is 0 Å². The maximum Gasteiger partial charge on any atom is 0.220 e. The van der Waals surface area contributed by atoms with E-state index in [2.05, 4.69) is 5.32 Å². The molecule has 1 atom stereocenters. The second-order valence-corrected chi connectivity index (χ2v) is 4.56. The average Bonchev–Trinajstić information content (AvgIpc) is 2.38. The number of ether oxygens (including phenoxy) is 1. The second-order valence-electron chi connectivity index (χ2n) is 4.56. The summed E-state index contributed by atoms with van der Waals surface area (Å²) in [5.74, 6) is 0.877. The van der Waals surface area contributed by atoms with E-state index in [0.717, 1.165) is 11.3 Å². The van der Waals surface area contributed by atoms with Gasteiger partial charge in [0.25, 0.3) is 0 Å². The van der Waals surface area contributed by atoms with Gasteiger partial charge in [-0.1, -0.05) is 12.1 Å². The number of nitrogens with one attached hydrogen (secondary N) is 1. The number of aryl methyl sites for hydroxylation is 1. The number of hydrogen-bond acceptors (Lipinski definition) is 3.